The van der Waals surface area contributed by atoms with Crippen molar-refractivity contribution in [3.63, 3.8) is 0 Å². The van der Waals surface area contributed by atoms with E-state index in [0.717, 1.165) is 17.7 Å². The van der Waals surface area contributed by atoms with Crippen LogP contribution in [-0.4, -0.2) is 61.9 Å². The number of H-pyrrole nitrogens is 1. The lowest BCUT2D eigenvalue weighted by molar-refractivity contribution is -0.0848. The molecule has 2 aromatic heterocycles. The minimum absolute atomic E-state index is 0.464. The molecule has 10 nitrogen and oxygen atoms in total. The third kappa shape index (κ3) is 2.96. The fraction of sp³-hybridized carbons (Fsp3) is 0.400. The van der Waals surface area contributed by atoms with Gasteiger partial charge in [-0.2, -0.15) is 0 Å². The molecule has 0 unspecified atom stereocenters. The summed E-state index contributed by atoms with van der Waals surface area (Å²) in [6.07, 6.45) is -1.70. The molecular weight excluding hydrogens is 392 g/mol. The monoisotopic (exact) mass is 414 g/mol. The first-order valence-electron chi connectivity index (χ1n) is 9.65. The zero-order valence-electron chi connectivity index (χ0n) is 16.2. The first-order chi connectivity index (χ1) is 14.6. The Labute approximate surface area is 171 Å². The van der Waals surface area contributed by atoms with Crippen LogP contribution in [0.5, 0.6) is 5.75 Å². The van der Waals surface area contributed by atoms with Gasteiger partial charge in [-0.05, 0) is 29.3 Å². The standard InChI is InChI=1S/C20H22N4O6/c1-28-23-18-12-4-6-24(19(12)22-9-21-18)20-16(27)15(26)17(30-20)14(25)11-2-3-13-10(8-11)5-7-29-13/h2-4,6,8-9,14-17,20,25-27H,5,7H2,1H3,(H,21,22,23)/t14-,15+,16-,17-,20-/m1/s1. The van der Waals surface area contributed by atoms with E-state index in [-0.39, 0.29) is 0 Å². The minimum atomic E-state index is -1.29. The Bertz CT molecular complexity index is 1140. The van der Waals surface area contributed by atoms with Gasteiger partial charge in [0.05, 0.1) is 18.3 Å². The Morgan fingerprint density at radius 2 is 2.17 bits per heavy atom. The average molecular weight is 414 g/mol. The number of hydrogen-bond acceptors (Lipinski definition) is 8. The molecule has 1 aromatic carbocycles. The highest BCUT2D eigenvalue weighted by Crippen LogP contribution is 2.38. The van der Waals surface area contributed by atoms with Gasteiger partial charge in [0.25, 0.3) is 0 Å². The molecule has 2 aliphatic heterocycles. The zero-order chi connectivity index (χ0) is 20.8. The Morgan fingerprint density at radius 1 is 1.30 bits per heavy atom. The van der Waals surface area contributed by atoms with Crippen LogP contribution in [0, 0.1) is 0 Å². The molecule has 0 saturated carbocycles. The highest BCUT2D eigenvalue weighted by atomic mass is 16.6. The molecule has 5 rings (SSSR count). The summed E-state index contributed by atoms with van der Waals surface area (Å²) in [5.74, 6) is 0.802. The van der Waals surface area contributed by atoms with Crippen molar-refractivity contribution in [2.45, 2.75) is 37.1 Å². The summed E-state index contributed by atoms with van der Waals surface area (Å²) in [7, 11) is 1.44. The number of benzene rings is 1. The van der Waals surface area contributed by atoms with E-state index < -0.39 is 30.6 Å². The van der Waals surface area contributed by atoms with Gasteiger partial charge in [-0.15, -0.1) is 0 Å². The lowest BCUT2D eigenvalue weighted by atomic mass is 9.97. The van der Waals surface area contributed by atoms with E-state index in [1.165, 1.54) is 13.4 Å². The molecule has 158 valence electrons. The number of rotatable bonds is 4. The van der Waals surface area contributed by atoms with Gasteiger partial charge in [-0.1, -0.05) is 11.2 Å². The number of aliphatic hydroxyl groups excluding tert-OH is 3. The van der Waals surface area contributed by atoms with Crippen LogP contribution in [0.2, 0.25) is 0 Å². The summed E-state index contributed by atoms with van der Waals surface area (Å²) < 4.78 is 13.0. The minimum Gasteiger partial charge on any atom is -0.493 e. The molecule has 5 atom stereocenters. The van der Waals surface area contributed by atoms with Crippen molar-refractivity contribution in [2.75, 3.05) is 13.7 Å². The van der Waals surface area contributed by atoms with Gasteiger partial charge < -0.3 is 39.2 Å². The van der Waals surface area contributed by atoms with Crippen molar-refractivity contribution in [3.05, 3.63) is 53.4 Å². The van der Waals surface area contributed by atoms with Crippen LogP contribution in [-0.2, 0) is 16.0 Å². The van der Waals surface area contributed by atoms with Crippen molar-refractivity contribution in [1.29, 1.82) is 0 Å². The number of aromatic nitrogens is 3. The largest absolute Gasteiger partial charge is 0.493 e. The molecule has 0 aliphatic carbocycles. The summed E-state index contributed by atoms with van der Waals surface area (Å²) >= 11 is 0. The molecule has 30 heavy (non-hydrogen) atoms. The summed E-state index contributed by atoms with van der Waals surface area (Å²) in [4.78, 5) is 12.0. The van der Waals surface area contributed by atoms with Crippen molar-refractivity contribution < 1.29 is 29.6 Å². The van der Waals surface area contributed by atoms with E-state index in [2.05, 4.69) is 15.1 Å². The van der Waals surface area contributed by atoms with E-state index >= 15 is 0 Å². The number of aliphatic hydroxyl groups is 3. The SMILES string of the molecule is CO/N=c1/[nH]cnc2c1ccn2[C@@H]1O[C@H]([C@H](O)c2ccc3c(c2)CCO3)[C@@H](O)[C@H]1O. The van der Waals surface area contributed by atoms with Crippen LogP contribution < -0.4 is 10.2 Å². The Hall–Kier alpha value is -2.92. The predicted octanol–water partition coefficient (Wildman–Crippen LogP) is 0.114. The number of fused-ring (bicyclic) bond motifs is 2. The molecule has 0 amide bonds. The highest BCUT2D eigenvalue weighted by Gasteiger charge is 2.47. The van der Waals surface area contributed by atoms with Gasteiger partial charge in [-0.3, -0.25) is 0 Å². The molecule has 4 N–H and O–H groups in total. The van der Waals surface area contributed by atoms with E-state index in [4.69, 9.17) is 14.3 Å². The maximum atomic E-state index is 10.9. The summed E-state index contributed by atoms with van der Waals surface area (Å²) in [6, 6.07) is 7.15. The average Bonchev–Trinajstić information content (AvgIpc) is 3.46. The molecule has 1 fully saturated rings. The quantitative estimate of drug-likeness (QED) is 0.445. The third-order valence-electron chi connectivity index (χ3n) is 5.63. The van der Waals surface area contributed by atoms with Gasteiger partial charge in [0.1, 0.15) is 42.9 Å². The van der Waals surface area contributed by atoms with E-state index in [9.17, 15) is 15.3 Å². The van der Waals surface area contributed by atoms with E-state index in [1.54, 1.807) is 29.0 Å². The van der Waals surface area contributed by atoms with Gasteiger partial charge in [0.15, 0.2) is 11.7 Å². The van der Waals surface area contributed by atoms with Gasteiger partial charge in [0.2, 0.25) is 0 Å². The number of ether oxygens (including phenoxy) is 2. The zero-order valence-corrected chi connectivity index (χ0v) is 16.2. The number of aromatic amines is 1. The van der Waals surface area contributed by atoms with Crippen LogP contribution in [0.3, 0.4) is 0 Å². The molecule has 3 aromatic rings. The first kappa shape index (κ1) is 19.1. The molecule has 2 aliphatic rings. The highest BCUT2D eigenvalue weighted by molar-refractivity contribution is 5.74. The van der Waals surface area contributed by atoms with E-state index in [1.807, 2.05) is 6.07 Å². The molecule has 0 spiro atoms. The topological polar surface area (TPSA) is 134 Å². The second-order valence-corrected chi connectivity index (χ2v) is 7.37. The summed E-state index contributed by atoms with van der Waals surface area (Å²) in [5.41, 5.74) is 2.56. The number of nitrogens with zero attached hydrogens (tertiary/aromatic N) is 3. The summed E-state index contributed by atoms with van der Waals surface area (Å²) in [6.45, 7) is 0.612. The molecule has 4 heterocycles. The van der Waals surface area contributed by atoms with Crippen LogP contribution in [0.15, 0.2) is 41.9 Å². The Morgan fingerprint density at radius 3 is 3.00 bits per heavy atom. The lowest BCUT2D eigenvalue weighted by Crippen LogP contribution is -2.34. The Kier molecular flexibility index (Phi) is 4.70. The van der Waals surface area contributed by atoms with Gasteiger partial charge >= 0.3 is 0 Å². The van der Waals surface area contributed by atoms with Crippen LogP contribution in [0.25, 0.3) is 11.0 Å². The maximum absolute atomic E-state index is 10.9. The van der Waals surface area contributed by atoms with Gasteiger partial charge in [-0.25, -0.2) is 4.98 Å². The van der Waals surface area contributed by atoms with Crippen LogP contribution in [0.1, 0.15) is 23.5 Å². The maximum Gasteiger partial charge on any atom is 0.181 e. The fourth-order valence-corrected chi connectivity index (χ4v) is 4.12. The molecule has 0 bridgehead atoms. The first-order valence-corrected chi connectivity index (χ1v) is 9.65. The molecular formula is C20H22N4O6. The van der Waals surface area contributed by atoms with Crippen molar-refractivity contribution in [1.82, 2.24) is 14.5 Å². The molecule has 0 radical (unpaired) electrons. The predicted molar refractivity (Wildman–Crippen MR) is 103 cm³/mol. The lowest BCUT2D eigenvalue weighted by Gasteiger charge is -2.22. The normalized spacial score (nSPS) is 27.3. The van der Waals surface area contributed by atoms with Crippen molar-refractivity contribution >= 4 is 11.0 Å². The number of hydrogen-bond donors (Lipinski definition) is 4. The fourth-order valence-electron chi connectivity index (χ4n) is 4.12. The smallest absolute Gasteiger partial charge is 0.181 e. The molecule has 10 heteroatoms. The third-order valence-corrected chi connectivity index (χ3v) is 5.63. The van der Waals surface area contributed by atoms with Crippen LogP contribution >= 0.6 is 0 Å². The van der Waals surface area contributed by atoms with Crippen molar-refractivity contribution in [3.8, 4) is 5.75 Å². The Balaban J connectivity index is 1.46. The van der Waals surface area contributed by atoms with Crippen molar-refractivity contribution in [2.24, 2.45) is 5.16 Å². The van der Waals surface area contributed by atoms with Crippen LogP contribution in [0.4, 0.5) is 0 Å². The second-order valence-electron chi connectivity index (χ2n) is 7.37. The van der Waals surface area contributed by atoms with E-state index in [0.29, 0.717) is 28.7 Å². The second kappa shape index (κ2) is 7.40. The number of nitrogens with one attached hydrogen (secondary N) is 1. The summed E-state index contributed by atoms with van der Waals surface area (Å²) in [5, 5.41) is 36.7. The molecule has 1 saturated heterocycles. The van der Waals surface area contributed by atoms with Gasteiger partial charge in [0, 0.05) is 12.6 Å².